The number of fused-ring (bicyclic) bond motifs is 5. The average molecular weight is 800 g/mol. The second kappa shape index (κ2) is 15.3. The summed E-state index contributed by atoms with van der Waals surface area (Å²) < 4.78 is 2.49. The minimum absolute atomic E-state index is 1.13. The van der Waals surface area contributed by atoms with Crippen molar-refractivity contribution in [2.75, 3.05) is 0 Å². The van der Waals surface area contributed by atoms with Gasteiger partial charge in [0.05, 0.1) is 11.0 Å². The van der Waals surface area contributed by atoms with E-state index in [1.165, 1.54) is 110 Å². The molecule has 11 aromatic carbocycles. The van der Waals surface area contributed by atoms with Gasteiger partial charge in [-0.15, -0.1) is 0 Å². The normalized spacial score (nSPS) is 11.5. The van der Waals surface area contributed by atoms with Crippen LogP contribution in [-0.2, 0) is 0 Å². The summed E-state index contributed by atoms with van der Waals surface area (Å²) in [6.45, 7) is 0. The molecule has 0 spiro atoms. The van der Waals surface area contributed by atoms with Gasteiger partial charge in [0, 0.05) is 27.6 Å². The molecule has 0 bridgehead atoms. The molecule has 0 amide bonds. The zero-order valence-electron chi connectivity index (χ0n) is 34.6. The first-order valence-corrected chi connectivity index (χ1v) is 21.8. The highest BCUT2D eigenvalue weighted by molar-refractivity contribution is 6.28. The van der Waals surface area contributed by atoms with Crippen LogP contribution in [0.25, 0.3) is 116 Å². The fourth-order valence-electron chi connectivity index (χ4n) is 10.2. The Balaban J connectivity index is 1.32. The molecule has 1 aromatic heterocycles. The Labute approximate surface area is 367 Å². The molecular formula is C62H41N. The fraction of sp³-hybridized carbons (Fsp3) is 0. The molecule has 1 heterocycles. The smallest absolute Gasteiger partial charge is 0.0626 e. The molecule has 0 fully saturated rings. The van der Waals surface area contributed by atoms with Gasteiger partial charge in [0.25, 0.3) is 0 Å². The third-order valence-electron chi connectivity index (χ3n) is 12.8. The Morgan fingerprint density at radius 3 is 1.10 bits per heavy atom. The summed E-state index contributed by atoms with van der Waals surface area (Å²) in [6, 6.07) is 91.2. The van der Waals surface area contributed by atoms with Crippen molar-refractivity contribution in [2.45, 2.75) is 0 Å². The summed E-state index contributed by atoms with van der Waals surface area (Å²) in [6.07, 6.45) is 0. The number of aromatic nitrogens is 1. The van der Waals surface area contributed by atoms with Crippen molar-refractivity contribution in [1.29, 1.82) is 0 Å². The SMILES string of the molecule is c1ccc(-c2cccc(-c3ccccc3)c2-c2c3ccccc3c(-c3c(-c4ccccc4)cc4c5ccccc5n(-c5ccccc5)c4c3-c3ccccc3)c3ccccc23)cc1. The Kier molecular flexibility index (Phi) is 8.90. The molecule has 0 unspecified atom stereocenters. The van der Waals surface area contributed by atoms with E-state index in [1.807, 2.05) is 0 Å². The van der Waals surface area contributed by atoms with Crippen LogP contribution in [0.4, 0.5) is 0 Å². The summed E-state index contributed by atoms with van der Waals surface area (Å²) in [7, 11) is 0. The standard InChI is InChI=1S/C62H41N/c1-6-23-42(24-7-1)47-38-22-39-48(43-25-8-2-9-26-43)58(47)59-50-34-16-18-36-52(50)60(53-37-19-17-35-51(53)59)61-54(44-27-10-3-11-28-44)41-55-49-33-20-21-40-56(49)63(46-31-14-5-15-32-46)62(55)57(61)45-29-12-4-13-30-45/h1-41H. The molecule has 0 radical (unpaired) electrons. The first kappa shape index (κ1) is 36.6. The summed E-state index contributed by atoms with van der Waals surface area (Å²) >= 11 is 0. The van der Waals surface area contributed by atoms with Crippen LogP contribution in [0.5, 0.6) is 0 Å². The third-order valence-corrected chi connectivity index (χ3v) is 12.8. The van der Waals surface area contributed by atoms with Crippen molar-refractivity contribution >= 4 is 43.4 Å². The van der Waals surface area contributed by atoms with Gasteiger partial charge in [-0.3, -0.25) is 0 Å². The van der Waals surface area contributed by atoms with E-state index >= 15 is 0 Å². The minimum Gasteiger partial charge on any atom is -0.309 e. The highest BCUT2D eigenvalue weighted by atomic mass is 15.0. The Morgan fingerprint density at radius 2 is 0.603 bits per heavy atom. The number of para-hydroxylation sites is 2. The zero-order chi connectivity index (χ0) is 41.7. The second-order valence-corrected chi connectivity index (χ2v) is 16.3. The summed E-state index contributed by atoms with van der Waals surface area (Å²) in [5, 5.41) is 7.31. The molecule has 12 rings (SSSR count). The van der Waals surface area contributed by atoms with Crippen LogP contribution in [0.3, 0.4) is 0 Å². The molecule has 0 aliphatic carbocycles. The van der Waals surface area contributed by atoms with Crippen LogP contribution < -0.4 is 0 Å². The van der Waals surface area contributed by atoms with E-state index in [4.69, 9.17) is 0 Å². The minimum atomic E-state index is 1.13. The van der Waals surface area contributed by atoms with Crippen LogP contribution in [-0.4, -0.2) is 4.57 Å². The number of benzene rings is 11. The van der Waals surface area contributed by atoms with Gasteiger partial charge < -0.3 is 4.57 Å². The van der Waals surface area contributed by atoms with Crippen LogP contribution in [0.15, 0.2) is 249 Å². The maximum absolute atomic E-state index is 2.49. The summed E-state index contributed by atoms with van der Waals surface area (Å²) in [5.74, 6) is 0. The molecular weight excluding hydrogens is 759 g/mol. The quantitative estimate of drug-likeness (QED) is 0.142. The zero-order valence-corrected chi connectivity index (χ0v) is 34.6. The lowest BCUT2D eigenvalue weighted by molar-refractivity contribution is 1.18. The number of nitrogens with zero attached hydrogens (tertiary/aromatic N) is 1. The van der Waals surface area contributed by atoms with Gasteiger partial charge in [-0.2, -0.15) is 0 Å². The van der Waals surface area contributed by atoms with Crippen LogP contribution in [0.1, 0.15) is 0 Å². The van der Waals surface area contributed by atoms with Crippen molar-refractivity contribution in [2.24, 2.45) is 0 Å². The maximum atomic E-state index is 2.49. The largest absolute Gasteiger partial charge is 0.309 e. The molecule has 294 valence electrons. The molecule has 0 N–H and O–H groups in total. The molecule has 12 aromatic rings. The molecule has 0 saturated carbocycles. The van der Waals surface area contributed by atoms with Crippen molar-refractivity contribution < 1.29 is 0 Å². The van der Waals surface area contributed by atoms with Gasteiger partial charge in [0.2, 0.25) is 0 Å². The molecule has 1 heteroatoms. The van der Waals surface area contributed by atoms with E-state index in [2.05, 4.69) is 253 Å². The van der Waals surface area contributed by atoms with Gasteiger partial charge in [0.1, 0.15) is 0 Å². The van der Waals surface area contributed by atoms with E-state index in [1.54, 1.807) is 0 Å². The highest BCUT2D eigenvalue weighted by Gasteiger charge is 2.28. The number of rotatable bonds is 7. The highest BCUT2D eigenvalue weighted by Crippen LogP contribution is 2.54. The van der Waals surface area contributed by atoms with Crippen molar-refractivity contribution in [1.82, 2.24) is 4.57 Å². The Bertz CT molecular complexity index is 3510. The fourth-order valence-corrected chi connectivity index (χ4v) is 10.2. The molecule has 63 heavy (non-hydrogen) atoms. The van der Waals surface area contributed by atoms with Crippen LogP contribution in [0.2, 0.25) is 0 Å². The lowest BCUT2D eigenvalue weighted by atomic mass is 9.78. The van der Waals surface area contributed by atoms with Gasteiger partial charge in [-0.25, -0.2) is 0 Å². The lowest BCUT2D eigenvalue weighted by Crippen LogP contribution is -2.00. The van der Waals surface area contributed by atoms with E-state index in [0.29, 0.717) is 0 Å². The lowest BCUT2D eigenvalue weighted by Gasteiger charge is -2.25. The van der Waals surface area contributed by atoms with E-state index in [0.717, 1.165) is 5.69 Å². The Hall–Kier alpha value is -8.26. The van der Waals surface area contributed by atoms with E-state index in [9.17, 15) is 0 Å². The van der Waals surface area contributed by atoms with Crippen LogP contribution >= 0.6 is 0 Å². The Morgan fingerprint density at radius 1 is 0.222 bits per heavy atom. The molecule has 0 aliphatic heterocycles. The van der Waals surface area contributed by atoms with Crippen molar-refractivity contribution in [3.05, 3.63) is 249 Å². The van der Waals surface area contributed by atoms with Gasteiger partial charge in [-0.1, -0.05) is 224 Å². The van der Waals surface area contributed by atoms with Gasteiger partial charge in [-0.05, 0) is 101 Å². The van der Waals surface area contributed by atoms with Crippen LogP contribution in [0, 0.1) is 0 Å². The predicted molar refractivity (Wildman–Crippen MR) is 268 cm³/mol. The van der Waals surface area contributed by atoms with Gasteiger partial charge >= 0.3 is 0 Å². The van der Waals surface area contributed by atoms with Gasteiger partial charge in [0.15, 0.2) is 0 Å². The summed E-state index contributed by atoms with van der Waals surface area (Å²) in [4.78, 5) is 0. The molecule has 0 saturated heterocycles. The first-order valence-electron chi connectivity index (χ1n) is 21.8. The van der Waals surface area contributed by atoms with E-state index in [-0.39, 0.29) is 0 Å². The van der Waals surface area contributed by atoms with E-state index < -0.39 is 0 Å². The monoisotopic (exact) mass is 799 g/mol. The third kappa shape index (κ3) is 6.01. The second-order valence-electron chi connectivity index (χ2n) is 16.3. The number of hydrogen-bond acceptors (Lipinski definition) is 0. The topological polar surface area (TPSA) is 4.93 Å². The van der Waals surface area contributed by atoms with Crippen molar-refractivity contribution in [3.63, 3.8) is 0 Å². The molecule has 0 aliphatic rings. The predicted octanol–water partition coefficient (Wildman–Crippen LogP) is 17.1. The average Bonchev–Trinajstić information content (AvgIpc) is 3.70. The summed E-state index contributed by atoms with van der Waals surface area (Å²) in [5.41, 5.74) is 18.0. The first-order chi connectivity index (χ1) is 31.3. The maximum Gasteiger partial charge on any atom is 0.0626 e. The molecule has 0 atom stereocenters. The number of hydrogen-bond donors (Lipinski definition) is 0. The van der Waals surface area contributed by atoms with Crippen molar-refractivity contribution in [3.8, 4) is 72.4 Å². The molecule has 1 nitrogen and oxygen atoms in total.